The van der Waals surface area contributed by atoms with Crippen LogP contribution in [-0.2, 0) is 6.54 Å². The third kappa shape index (κ3) is 3.00. The molecule has 0 amide bonds. The van der Waals surface area contributed by atoms with Crippen LogP contribution in [-0.4, -0.2) is 31.8 Å². The first-order valence-corrected chi connectivity index (χ1v) is 6.63. The third-order valence-electron chi connectivity index (χ3n) is 2.91. The monoisotopic (exact) mass is 301 g/mol. The topological polar surface area (TPSA) is 65.7 Å². The molecule has 6 nitrogen and oxygen atoms in total. The van der Waals surface area contributed by atoms with Gasteiger partial charge >= 0.3 is 0 Å². The quantitative estimate of drug-likeness (QED) is 0.740. The fourth-order valence-electron chi connectivity index (χ4n) is 1.87. The van der Waals surface area contributed by atoms with Crippen LogP contribution in [0.5, 0.6) is 5.75 Å². The lowest BCUT2D eigenvalue weighted by atomic mass is 10.2. The smallest absolute Gasteiger partial charge is 0.202 e. The van der Waals surface area contributed by atoms with Crippen LogP contribution >= 0.6 is 11.6 Å². The fourth-order valence-corrected chi connectivity index (χ4v) is 2.06. The van der Waals surface area contributed by atoms with Crippen molar-refractivity contribution in [3.8, 4) is 17.3 Å². The minimum Gasteiger partial charge on any atom is -0.497 e. The maximum absolute atomic E-state index is 5.98. The van der Waals surface area contributed by atoms with E-state index >= 15 is 0 Å². The Balaban J connectivity index is 1.80. The molecule has 21 heavy (non-hydrogen) atoms. The van der Waals surface area contributed by atoms with Gasteiger partial charge in [0.1, 0.15) is 17.8 Å². The first kappa shape index (κ1) is 13.5. The Labute approximate surface area is 126 Å². The number of benzene rings is 1. The summed E-state index contributed by atoms with van der Waals surface area (Å²) in [7, 11) is 1.64. The van der Waals surface area contributed by atoms with Crippen molar-refractivity contribution in [2.24, 2.45) is 0 Å². The van der Waals surface area contributed by atoms with Gasteiger partial charge in [-0.2, -0.15) is 0 Å². The molecule has 0 N–H and O–H groups in total. The van der Waals surface area contributed by atoms with E-state index in [1.165, 1.54) is 6.20 Å². The molecule has 0 aliphatic rings. The van der Waals surface area contributed by atoms with Crippen LogP contribution in [0.3, 0.4) is 0 Å². The van der Waals surface area contributed by atoms with Gasteiger partial charge in [-0.25, -0.2) is 19.6 Å². The van der Waals surface area contributed by atoms with Crippen molar-refractivity contribution >= 4 is 11.6 Å². The number of halogens is 1. The van der Waals surface area contributed by atoms with Crippen molar-refractivity contribution in [1.82, 2.24) is 24.7 Å². The normalized spacial score (nSPS) is 10.6. The van der Waals surface area contributed by atoms with Crippen LogP contribution in [0.4, 0.5) is 0 Å². The number of hydrogen-bond donors (Lipinski definition) is 0. The maximum Gasteiger partial charge on any atom is 0.202 e. The number of ether oxygens (including phenoxy) is 1. The molecule has 3 aromatic rings. The molecule has 3 rings (SSSR count). The first-order valence-electron chi connectivity index (χ1n) is 6.25. The lowest BCUT2D eigenvalue weighted by Gasteiger charge is -2.03. The molecule has 0 atom stereocenters. The number of aromatic nitrogens is 5. The number of hydrogen-bond acceptors (Lipinski definition) is 5. The van der Waals surface area contributed by atoms with Crippen LogP contribution < -0.4 is 4.74 Å². The summed E-state index contributed by atoms with van der Waals surface area (Å²) in [6.45, 7) is 0.606. The third-order valence-corrected chi connectivity index (χ3v) is 3.18. The summed E-state index contributed by atoms with van der Waals surface area (Å²) in [5, 5.41) is 4.66. The van der Waals surface area contributed by atoms with Gasteiger partial charge in [-0.1, -0.05) is 23.7 Å². The van der Waals surface area contributed by atoms with E-state index in [1.807, 2.05) is 24.3 Å². The summed E-state index contributed by atoms with van der Waals surface area (Å²) in [5.74, 6) is 1.28. The average molecular weight is 302 g/mol. The number of rotatable bonds is 4. The molecule has 7 heteroatoms. The molecule has 0 saturated heterocycles. The van der Waals surface area contributed by atoms with Crippen molar-refractivity contribution in [1.29, 1.82) is 0 Å². The molecule has 106 valence electrons. The SMILES string of the molecule is COc1ccc(Cn2cnc(-c3nccnc3Cl)n2)cc1. The van der Waals surface area contributed by atoms with E-state index in [0.29, 0.717) is 23.2 Å². The van der Waals surface area contributed by atoms with Gasteiger partial charge in [0.05, 0.1) is 13.7 Å². The fraction of sp³-hybridized carbons (Fsp3) is 0.143. The summed E-state index contributed by atoms with van der Waals surface area (Å²) < 4.78 is 6.85. The second kappa shape index (κ2) is 5.88. The maximum atomic E-state index is 5.98. The average Bonchev–Trinajstić information content (AvgIpc) is 2.97. The second-order valence-electron chi connectivity index (χ2n) is 4.31. The van der Waals surface area contributed by atoms with E-state index in [9.17, 15) is 0 Å². The summed E-state index contributed by atoms with van der Waals surface area (Å²) >= 11 is 5.98. The lowest BCUT2D eigenvalue weighted by Crippen LogP contribution is -2.00. The summed E-state index contributed by atoms with van der Waals surface area (Å²) in [6, 6.07) is 7.78. The second-order valence-corrected chi connectivity index (χ2v) is 4.67. The summed E-state index contributed by atoms with van der Waals surface area (Å²) in [4.78, 5) is 12.3. The van der Waals surface area contributed by atoms with Crippen LogP contribution in [0.2, 0.25) is 5.15 Å². The number of methoxy groups -OCH3 is 1. The Morgan fingerprint density at radius 1 is 1.10 bits per heavy atom. The zero-order valence-electron chi connectivity index (χ0n) is 11.3. The Kier molecular flexibility index (Phi) is 3.79. The van der Waals surface area contributed by atoms with E-state index in [0.717, 1.165) is 11.3 Å². The van der Waals surface area contributed by atoms with Gasteiger partial charge in [0.25, 0.3) is 0 Å². The van der Waals surface area contributed by atoms with Crippen molar-refractivity contribution < 1.29 is 4.74 Å². The zero-order chi connectivity index (χ0) is 14.7. The highest BCUT2D eigenvalue weighted by molar-refractivity contribution is 6.31. The van der Waals surface area contributed by atoms with Gasteiger partial charge < -0.3 is 4.74 Å². The zero-order valence-corrected chi connectivity index (χ0v) is 12.0. The number of nitrogens with zero attached hydrogens (tertiary/aromatic N) is 5. The highest BCUT2D eigenvalue weighted by Crippen LogP contribution is 2.19. The lowest BCUT2D eigenvalue weighted by molar-refractivity contribution is 0.414. The summed E-state index contributed by atoms with van der Waals surface area (Å²) in [5.41, 5.74) is 1.57. The highest BCUT2D eigenvalue weighted by Gasteiger charge is 2.10. The molecule has 0 unspecified atom stereocenters. The Hall–Kier alpha value is -2.47. The molecule has 1 aromatic carbocycles. The Morgan fingerprint density at radius 2 is 1.86 bits per heavy atom. The molecule has 0 fully saturated rings. The van der Waals surface area contributed by atoms with Crippen molar-refractivity contribution in [2.75, 3.05) is 7.11 Å². The van der Waals surface area contributed by atoms with Gasteiger partial charge in [0.15, 0.2) is 5.15 Å². The van der Waals surface area contributed by atoms with E-state index in [4.69, 9.17) is 16.3 Å². The molecule has 0 spiro atoms. The predicted octanol–water partition coefficient (Wildman–Crippen LogP) is 2.45. The van der Waals surface area contributed by atoms with E-state index in [-0.39, 0.29) is 0 Å². The molecule has 0 aliphatic carbocycles. The standard InChI is InChI=1S/C14H12ClN5O/c1-21-11-4-2-10(3-5-11)8-20-9-18-14(19-20)12-13(15)17-7-6-16-12/h2-7,9H,8H2,1H3. The summed E-state index contributed by atoms with van der Waals surface area (Å²) in [6.07, 6.45) is 4.73. The first-order chi connectivity index (χ1) is 10.3. The predicted molar refractivity (Wildman–Crippen MR) is 78.2 cm³/mol. The van der Waals surface area contributed by atoms with Gasteiger partial charge in [-0.15, -0.1) is 5.10 Å². The van der Waals surface area contributed by atoms with Gasteiger partial charge in [-0.05, 0) is 17.7 Å². The largest absolute Gasteiger partial charge is 0.497 e. The Morgan fingerprint density at radius 3 is 2.57 bits per heavy atom. The van der Waals surface area contributed by atoms with Gasteiger partial charge in [0, 0.05) is 12.4 Å². The van der Waals surface area contributed by atoms with Crippen molar-refractivity contribution in [3.05, 3.63) is 53.7 Å². The molecule has 0 saturated carbocycles. The van der Waals surface area contributed by atoms with Crippen LogP contribution in [0.1, 0.15) is 5.56 Å². The molecule has 0 radical (unpaired) electrons. The molecular formula is C14H12ClN5O. The molecule has 0 aliphatic heterocycles. The van der Waals surface area contributed by atoms with Crippen LogP contribution in [0, 0.1) is 0 Å². The van der Waals surface area contributed by atoms with Crippen LogP contribution in [0.25, 0.3) is 11.5 Å². The van der Waals surface area contributed by atoms with E-state index in [1.54, 1.807) is 24.3 Å². The molecule has 2 aromatic heterocycles. The minimum absolute atomic E-state index is 0.291. The van der Waals surface area contributed by atoms with Gasteiger partial charge in [0.2, 0.25) is 5.82 Å². The molecule has 0 bridgehead atoms. The van der Waals surface area contributed by atoms with Crippen LogP contribution in [0.15, 0.2) is 43.0 Å². The van der Waals surface area contributed by atoms with Crippen molar-refractivity contribution in [3.63, 3.8) is 0 Å². The Bertz CT molecular complexity index is 741. The molecular weight excluding hydrogens is 290 g/mol. The van der Waals surface area contributed by atoms with Gasteiger partial charge in [-0.3, -0.25) is 0 Å². The van der Waals surface area contributed by atoms with E-state index < -0.39 is 0 Å². The molecule has 2 heterocycles. The van der Waals surface area contributed by atoms with E-state index in [2.05, 4.69) is 20.1 Å². The highest BCUT2D eigenvalue weighted by atomic mass is 35.5. The minimum atomic E-state index is 0.291. The van der Waals surface area contributed by atoms with Crippen molar-refractivity contribution in [2.45, 2.75) is 6.54 Å².